The van der Waals surface area contributed by atoms with Crippen molar-refractivity contribution in [3.63, 3.8) is 0 Å². The molecule has 21 heavy (non-hydrogen) atoms. The van der Waals surface area contributed by atoms with E-state index in [1.807, 2.05) is 13.8 Å². The third-order valence-electron chi connectivity index (χ3n) is 2.88. The fraction of sp³-hybridized carbons (Fsp3) is 0.615. The highest BCUT2D eigenvalue weighted by Gasteiger charge is 2.33. The molecule has 0 aliphatic rings. The molecule has 0 unspecified atom stereocenters. The maximum Gasteiger partial charge on any atom is 0.260 e. The summed E-state index contributed by atoms with van der Waals surface area (Å²) < 4.78 is 29.6. The van der Waals surface area contributed by atoms with E-state index in [0.717, 1.165) is 0 Å². The SMILES string of the molecule is CC(C)(C)CC(C)(C)NS(=O)(=O)c1c(N)nc2sccn12. The third-order valence-corrected chi connectivity index (χ3v) is 5.37. The second kappa shape index (κ2) is 4.96. The van der Waals surface area contributed by atoms with Crippen LogP contribution in [0.15, 0.2) is 16.6 Å². The first-order valence-corrected chi connectivity index (χ1v) is 9.03. The van der Waals surface area contributed by atoms with Crippen molar-refractivity contribution < 1.29 is 8.42 Å². The minimum atomic E-state index is -3.74. The zero-order valence-corrected chi connectivity index (χ0v) is 14.6. The quantitative estimate of drug-likeness (QED) is 0.901. The molecule has 0 aromatic carbocycles. The zero-order valence-electron chi connectivity index (χ0n) is 13.0. The molecule has 0 amide bonds. The molecule has 0 aliphatic heterocycles. The van der Waals surface area contributed by atoms with Gasteiger partial charge in [0.15, 0.2) is 15.8 Å². The van der Waals surface area contributed by atoms with Gasteiger partial charge in [0.1, 0.15) is 0 Å². The van der Waals surface area contributed by atoms with Gasteiger partial charge in [0.05, 0.1) is 0 Å². The number of fused-ring (bicyclic) bond motifs is 1. The number of anilines is 1. The van der Waals surface area contributed by atoms with Crippen LogP contribution >= 0.6 is 11.3 Å². The fourth-order valence-corrected chi connectivity index (χ4v) is 5.23. The molecule has 0 bridgehead atoms. The van der Waals surface area contributed by atoms with Crippen LogP contribution in [0.5, 0.6) is 0 Å². The standard InChI is InChI=1S/C13H22N4O2S2/c1-12(2,3)8-13(4,5)16-21(18,19)10-9(14)15-11-17(10)6-7-20-11/h6-7,16H,8,14H2,1-5H3. The summed E-state index contributed by atoms with van der Waals surface area (Å²) in [7, 11) is -3.74. The van der Waals surface area contributed by atoms with Gasteiger partial charge in [0, 0.05) is 17.1 Å². The van der Waals surface area contributed by atoms with E-state index >= 15 is 0 Å². The smallest absolute Gasteiger partial charge is 0.260 e. The van der Waals surface area contributed by atoms with Gasteiger partial charge in [-0.1, -0.05) is 20.8 Å². The molecule has 0 fully saturated rings. The Bertz CT molecular complexity index is 751. The maximum atomic E-state index is 12.7. The summed E-state index contributed by atoms with van der Waals surface area (Å²) >= 11 is 1.35. The topological polar surface area (TPSA) is 89.5 Å². The third kappa shape index (κ3) is 3.56. The Hall–Kier alpha value is -1.12. The second-order valence-corrected chi connectivity index (χ2v) is 9.56. The molecule has 2 aromatic rings. The van der Waals surface area contributed by atoms with Crippen molar-refractivity contribution in [1.82, 2.24) is 14.1 Å². The Morgan fingerprint density at radius 2 is 1.95 bits per heavy atom. The van der Waals surface area contributed by atoms with Crippen LogP contribution in [0.1, 0.15) is 41.0 Å². The number of nitrogen functional groups attached to an aromatic ring is 1. The van der Waals surface area contributed by atoms with Gasteiger partial charge in [-0.2, -0.15) is 0 Å². The fourth-order valence-electron chi connectivity index (χ4n) is 2.82. The number of rotatable bonds is 4. The summed E-state index contributed by atoms with van der Waals surface area (Å²) in [6.45, 7) is 9.98. The van der Waals surface area contributed by atoms with E-state index in [-0.39, 0.29) is 16.3 Å². The number of hydrogen-bond acceptors (Lipinski definition) is 5. The lowest BCUT2D eigenvalue weighted by Crippen LogP contribution is -2.46. The minimum absolute atomic E-state index is 0.00663. The summed E-state index contributed by atoms with van der Waals surface area (Å²) in [5.41, 5.74) is 5.21. The minimum Gasteiger partial charge on any atom is -0.381 e. The van der Waals surface area contributed by atoms with Crippen molar-refractivity contribution in [2.45, 2.75) is 51.6 Å². The Labute approximate surface area is 129 Å². The van der Waals surface area contributed by atoms with Gasteiger partial charge >= 0.3 is 0 Å². The Morgan fingerprint density at radius 3 is 2.52 bits per heavy atom. The Balaban J connectivity index is 2.39. The number of nitrogens with zero attached hydrogens (tertiary/aromatic N) is 2. The van der Waals surface area contributed by atoms with Crippen molar-refractivity contribution >= 4 is 32.1 Å². The summed E-state index contributed by atoms with van der Waals surface area (Å²) in [6, 6.07) is 0. The van der Waals surface area contributed by atoms with E-state index in [4.69, 9.17) is 5.73 Å². The van der Waals surface area contributed by atoms with Crippen LogP contribution in [-0.4, -0.2) is 23.3 Å². The lowest BCUT2D eigenvalue weighted by atomic mass is 9.82. The number of sulfonamides is 1. The monoisotopic (exact) mass is 330 g/mol. The molecule has 118 valence electrons. The van der Waals surface area contributed by atoms with Gasteiger partial charge in [0.25, 0.3) is 10.0 Å². The highest BCUT2D eigenvalue weighted by molar-refractivity contribution is 7.89. The van der Waals surface area contributed by atoms with Crippen molar-refractivity contribution in [1.29, 1.82) is 0 Å². The van der Waals surface area contributed by atoms with Crippen LogP contribution in [0.2, 0.25) is 0 Å². The summed E-state index contributed by atoms with van der Waals surface area (Å²) in [6.07, 6.45) is 2.36. The van der Waals surface area contributed by atoms with Crippen LogP contribution < -0.4 is 10.5 Å². The molecule has 0 spiro atoms. The highest BCUT2D eigenvalue weighted by atomic mass is 32.2. The first-order chi connectivity index (χ1) is 9.41. The first-order valence-electron chi connectivity index (χ1n) is 6.66. The van der Waals surface area contributed by atoms with Gasteiger partial charge in [-0.15, -0.1) is 11.3 Å². The summed E-state index contributed by atoms with van der Waals surface area (Å²) in [5.74, 6) is 0.0286. The number of thiazole rings is 1. The van der Waals surface area contributed by atoms with Crippen molar-refractivity contribution in [2.24, 2.45) is 5.41 Å². The van der Waals surface area contributed by atoms with Crippen LogP contribution in [0.25, 0.3) is 4.96 Å². The number of nitrogens with two attached hydrogens (primary N) is 1. The van der Waals surface area contributed by atoms with E-state index in [1.54, 1.807) is 11.6 Å². The molecule has 0 radical (unpaired) electrons. The molecular weight excluding hydrogens is 308 g/mol. The Morgan fingerprint density at radius 1 is 1.33 bits per heavy atom. The van der Waals surface area contributed by atoms with Crippen LogP contribution in [0.4, 0.5) is 5.82 Å². The van der Waals surface area contributed by atoms with Crippen molar-refractivity contribution in [3.8, 4) is 0 Å². The van der Waals surface area contributed by atoms with Gasteiger partial charge < -0.3 is 5.73 Å². The summed E-state index contributed by atoms with van der Waals surface area (Å²) in [5, 5.41) is 1.79. The van der Waals surface area contributed by atoms with Crippen LogP contribution in [0.3, 0.4) is 0 Å². The molecule has 2 rings (SSSR count). The summed E-state index contributed by atoms with van der Waals surface area (Å²) in [4.78, 5) is 4.65. The highest BCUT2D eigenvalue weighted by Crippen LogP contribution is 2.30. The molecule has 6 nitrogen and oxygen atoms in total. The van der Waals surface area contributed by atoms with Gasteiger partial charge in [-0.3, -0.25) is 4.40 Å². The molecular formula is C13H22N4O2S2. The van der Waals surface area contributed by atoms with Gasteiger partial charge in [0.2, 0.25) is 0 Å². The maximum absolute atomic E-state index is 12.7. The molecule has 8 heteroatoms. The number of imidazole rings is 1. The number of aromatic nitrogens is 2. The number of nitrogens with one attached hydrogen (secondary N) is 1. The molecule has 0 saturated carbocycles. The van der Waals surface area contributed by atoms with Crippen LogP contribution in [-0.2, 0) is 10.0 Å². The van der Waals surface area contributed by atoms with Crippen LogP contribution in [0, 0.1) is 5.41 Å². The second-order valence-electron chi connectivity index (χ2n) is 7.08. The van der Waals surface area contributed by atoms with E-state index in [2.05, 4.69) is 30.5 Å². The molecule has 3 N–H and O–H groups in total. The predicted octanol–water partition coefficient (Wildman–Crippen LogP) is 2.47. The average molecular weight is 330 g/mol. The van der Waals surface area contributed by atoms with E-state index in [1.165, 1.54) is 15.7 Å². The lowest BCUT2D eigenvalue weighted by molar-refractivity contribution is 0.269. The van der Waals surface area contributed by atoms with Gasteiger partial charge in [-0.25, -0.2) is 18.1 Å². The van der Waals surface area contributed by atoms with E-state index < -0.39 is 15.6 Å². The van der Waals surface area contributed by atoms with Gasteiger partial charge in [-0.05, 0) is 25.7 Å². The largest absolute Gasteiger partial charge is 0.381 e. The normalized spacial score (nSPS) is 14.0. The molecule has 0 aliphatic carbocycles. The van der Waals surface area contributed by atoms with E-state index in [0.29, 0.717) is 11.4 Å². The average Bonchev–Trinajstić information content (AvgIpc) is 2.68. The molecule has 0 atom stereocenters. The number of hydrogen-bond donors (Lipinski definition) is 2. The first kappa shape index (κ1) is 16.3. The molecule has 2 aromatic heterocycles. The van der Waals surface area contributed by atoms with Crippen molar-refractivity contribution in [3.05, 3.63) is 11.6 Å². The molecule has 0 saturated heterocycles. The van der Waals surface area contributed by atoms with E-state index in [9.17, 15) is 8.42 Å². The van der Waals surface area contributed by atoms with Crippen molar-refractivity contribution in [2.75, 3.05) is 5.73 Å². The Kier molecular flexibility index (Phi) is 3.84. The molecule has 2 heterocycles. The predicted molar refractivity (Wildman–Crippen MR) is 86.0 cm³/mol. The zero-order chi connectivity index (χ0) is 16.1. The lowest BCUT2D eigenvalue weighted by Gasteiger charge is -2.32.